The van der Waals surface area contributed by atoms with Gasteiger partial charge in [-0.3, -0.25) is 19.3 Å². The molecule has 3 atom stereocenters. The van der Waals surface area contributed by atoms with Crippen LogP contribution in [0.5, 0.6) is 0 Å². The molecule has 3 unspecified atom stereocenters. The number of nitrogens with zero attached hydrogens (tertiary/aromatic N) is 2. The number of rotatable bonds is 4. The predicted octanol–water partition coefficient (Wildman–Crippen LogP) is -2.25. The highest BCUT2D eigenvalue weighted by molar-refractivity contribution is 7.46. The average molecular weight is 363 g/mol. The molecule has 1 fully saturated rings. The van der Waals surface area contributed by atoms with Crippen LogP contribution in [0.2, 0.25) is 0 Å². The van der Waals surface area contributed by atoms with Gasteiger partial charge in [-0.2, -0.15) is 4.98 Å². The van der Waals surface area contributed by atoms with Gasteiger partial charge in [-0.15, -0.1) is 0 Å². The summed E-state index contributed by atoms with van der Waals surface area (Å²) in [5, 5.41) is 9.93. The van der Waals surface area contributed by atoms with Crippen LogP contribution in [0.25, 0.3) is 11.2 Å². The second-order valence-corrected chi connectivity index (χ2v) is 6.41. The summed E-state index contributed by atoms with van der Waals surface area (Å²) >= 11 is 0. The van der Waals surface area contributed by atoms with Crippen LogP contribution in [0.3, 0.4) is 0 Å². The summed E-state index contributed by atoms with van der Waals surface area (Å²) in [5.74, 6) is -0.208. The third-order valence-corrected chi connectivity index (χ3v) is 3.98. The van der Waals surface area contributed by atoms with Gasteiger partial charge >= 0.3 is 13.5 Å². The van der Waals surface area contributed by atoms with Gasteiger partial charge in [0.15, 0.2) is 11.2 Å². The Hall–Kier alpha value is -2.02. The van der Waals surface area contributed by atoms with Crippen LogP contribution in [0.4, 0.5) is 5.95 Å². The van der Waals surface area contributed by atoms with Crippen LogP contribution in [0, 0.1) is 0 Å². The van der Waals surface area contributed by atoms with Crippen molar-refractivity contribution in [3.05, 3.63) is 20.8 Å². The number of H-pyrrole nitrogens is 2. The number of aliphatic hydroxyl groups excluding tert-OH is 1. The number of aromatic amines is 2. The zero-order chi connectivity index (χ0) is 17.6. The fourth-order valence-corrected chi connectivity index (χ4v) is 2.83. The Balaban J connectivity index is 1.92. The number of nitrogen functional groups attached to an aromatic ring is 1. The van der Waals surface area contributed by atoms with E-state index in [0.29, 0.717) is 0 Å². The molecule has 1 aliphatic heterocycles. The molecule has 7 N–H and O–H groups in total. The third-order valence-electron chi connectivity index (χ3n) is 3.50. The maximum atomic E-state index is 12.1. The molecule has 0 aromatic carbocycles. The smallest absolute Gasteiger partial charge is 0.390 e. The summed E-state index contributed by atoms with van der Waals surface area (Å²) in [5.41, 5.74) is 3.94. The van der Waals surface area contributed by atoms with Crippen molar-refractivity contribution in [3.63, 3.8) is 0 Å². The Morgan fingerprint density at radius 3 is 2.79 bits per heavy atom. The zero-order valence-corrected chi connectivity index (χ0v) is 12.8. The minimum atomic E-state index is -4.73. The van der Waals surface area contributed by atoms with Crippen LogP contribution < -0.4 is 17.0 Å². The van der Waals surface area contributed by atoms with Crippen molar-refractivity contribution in [2.45, 2.75) is 24.9 Å². The topological polar surface area (TPSA) is 206 Å². The maximum Gasteiger partial charge on any atom is 0.469 e. The molecular formula is C10H14N5O8P. The van der Waals surface area contributed by atoms with Gasteiger partial charge in [-0.1, -0.05) is 0 Å². The molecule has 0 bridgehead atoms. The minimum Gasteiger partial charge on any atom is -0.390 e. The first-order chi connectivity index (χ1) is 11.2. The Labute approximate surface area is 132 Å². The number of nitrogens with one attached hydrogen (secondary N) is 2. The number of aromatic nitrogens is 4. The molecular weight excluding hydrogens is 349 g/mol. The minimum absolute atomic E-state index is 0.0602. The van der Waals surface area contributed by atoms with E-state index >= 15 is 0 Å². The molecule has 2 aromatic rings. The molecule has 0 radical (unpaired) electrons. The van der Waals surface area contributed by atoms with E-state index in [1.807, 2.05) is 0 Å². The first-order valence-electron chi connectivity index (χ1n) is 6.69. The van der Waals surface area contributed by atoms with E-state index in [1.165, 1.54) is 0 Å². The molecule has 24 heavy (non-hydrogen) atoms. The lowest BCUT2D eigenvalue weighted by molar-refractivity contribution is -0.0433. The van der Waals surface area contributed by atoms with E-state index in [0.717, 1.165) is 4.57 Å². The van der Waals surface area contributed by atoms with Crippen LogP contribution >= 0.6 is 7.82 Å². The van der Waals surface area contributed by atoms with Crippen molar-refractivity contribution in [2.75, 3.05) is 12.3 Å². The number of nitrogens with two attached hydrogens (primary N) is 1. The lowest BCUT2D eigenvalue weighted by Crippen LogP contribution is -2.26. The fourth-order valence-electron chi connectivity index (χ4n) is 2.49. The molecule has 14 heteroatoms. The molecule has 0 spiro atoms. The molecule has 3 heterocycles. The Bertz CT molecular complexity index is 927. The van der Waals surface area contributed by atoms with Crippen molar-refractivity contribution in [1.82, 2.24) is 19.5 Å². The second-order valence-electron chi connectivity index (χ2n) is 5.17. The van der Waals surface area contributed by atoms with Gasteiger partial charge in [0.25, 0.3) is 5.56 Å². The molecule has 0 saturated carbocycles. The zero-order valence-electron chi connectivity index (χ0n) is 11.9. The summed E-state index contributed by atoms with van der Waals surface area (Å²) in [4.78, 5) is 49.6. The summed E-state index contributed by atoms with van der Waals surface area (Å²) < 4.78 is 21.4. The summed E-state index contributed by atoms with van der Waals surface area (Å²) in [6.07, 6.45) is -3.30. The number of ether oxygens (including phenoxy) is 1. The summed E-state index contributed by atoms with van der Waals surface area (Å²) in [7, 11) is -4.73. The van der Waals surface area contributed by atoms with Gasteiger partial charge in [0.2, 0.25) is 5.95 Å². The van der Waals surface area contributed by atoms with E-state index < -0.39 is 44.1 Å². The fraction of sp³-hybridized carbons (Fsp3) is 0.500. The molecule has 0 aliphatic carbocycles. The number of aliphatic hydroxyl groups is 1. The van der Waals surface area contributed by atoms with Crippen molar-refractivity contribution >= 4 is 24.9 Å². The molecule has 2 aromatic heterocycles. The number of hydrogen-bond donors (Lipinski definition) is 6. The van der Waals surface area contributed by atoms with Gasteiger partial charge in [-0.05, 0) is 0 Å². The van der Waals surface area contributed by atoms with Crippen LogP contribution in [-0.2, 0) is 13.8 Å². The number of fused-ring (bicyclic) bond motifs is 1. The maximum absolute atomic E-state index is 12.1. The largest absolute Gasteiger partial charge is 0.469 e. The van der Waals surface area contributed by atoms with Gasteiger partial charge in [-0.25, -0.2) is 13.9 Å². The Morgan fingerprint density at radius 2 is 2.12 bits per heavy atom. The quantitative estimate of drug-likeness (QED) is 0.322. The van der Waals surface area contributed by atoms with E-state index in [-0.39, 0.29) is 23.5 Å². The molecule has 3 rings (SSSR count). The molecule has 13 nitrogen and oxygen atoms in total. The third kappa shape index (κ3) is 3.13. The first kappa shape index (κ1) is 16.8. The van der Waals surface area contributed by atoms with Gasteiger partial charge < -0.3 is 25.4 Å². The lowest BCUT2D eigenvalue weighted by Gasteiger charge is -2.15. The molecule has 1 aliphatic rings. The monoisotopic (exact) mass is 363 g/mol. The van der Waals surface area contributed by atoms with E-state index in [1.54, 1.807) is 0 Å². The Kier molecular flexibility index (Phi) is 4.07. The normalized spacial score (nSPS) is 24.7. The van der Waals surface area contributed by atoms with Crippen molar-refractivity contribution in [3.8, 4) is 0 Å². The van der Waals surface area contributed by atoms with Crippen molar-refractivity contribution in [2.24, 2.45) is 0 Å². The van der Waals surface area contributed by atoms with Gasteiger partial charge in [0.05, 0.1) is 12.7 Å². The average Bonchev–Trinajstić information content (AvgIpc) is 2.96. The van der Waals surface area contributed by atoms with Crippen molar-refractivity contribution in [1.29, 1.82) is 0 Å². The molecule has 132 valence electrons. The second kappa shape index (κ2) is 5.81. The standard InChI is InChI=1S/C10H14N5O8P/c11-9-13-7-6(8(17)14-9)12-10(18)15(7)5-1-3(16)4(23-5)2-22-24(19,20)21/h3-5,16H,1-2H2,(H,12,18)(H2,19,20,21)(H3,11,13,14,17). The molecule has 1 saturated heterocycles. The number of anilines is 1. The molecule has 0 amide bonds. The highest BCUT2D eigenvalue weighted by Gasteiger charge is 2.38. The number of imidazole rings is 1. The summed E-state index contributed by atoms with van der Waals surface area (Å²) in [6.45, 7) is -0.574. The highest BCUT2D eigenvalue weighted by atomic mass is 31.2. The van der Waals surface area contributed by atoms with E-state index in [4.69, 9.17) is 20.3 Å². The van der Waals surface area contributed by atoms with E-state index in [9.17, 15) is 19.3 Å². The van der Waals surface area contributed by atoms with Crippen molar-refractivity contribution < 1.29 is 28.7 Å². The van der Waals surface area contributed by atoms with Crippen LogP contribution in [0.15, 0.2) is 9.59 Å². The van der Waals surface area contributed by atoms with Gasteiger partial charge in [0, 0.05) is 6.42 Å². The van der Waals surface area contributed by atoms with Crippen LogP contribution in [0.1, 0.15) is 12.6 Å². The summed E-state index contributed by atoms with van der Waals surface area (Å²) in [6, 6.07) is 0. The van der Waals surface area contributed by atoms with Gasteiger partial charge in [0.1, 0.15) is 12.3 Å². The number of phosphoric acid groups is 1. The van der Waals surface area contributed by atoms with E-state index in [2.05, 4.69) is 19.5 Å². The van der Waals surface area contributed by atoms with Crippen LogP contribution in [-0.4, -0.2) is 53.2 Å². The number of hydrogen-bond acceptors (Lipinski definition) is 8. The Morgan fingerprint density at radius 1 is 1.42 bits per heavy atom. The number of phosphoric ester groups is 1. The first-order valence-corrected chi connectivity index (χ1v) is 8.22. The predicted molar refractivity (Wildman–Crippen MR) is 77.9 cm³/mol. The SMILES string of the molecule is Nc1nc2c([nH]c(=O)n2C2CC(O)C(COP(=O)(O)O)O2)c(=O)[nH]1. The lowest BCUT2D eigenvalue weighted by atomic mass is 10.2. The highest BCUT2D eigenvalue weighted by Crippen LogP contribution is 2.38.